The molecule has 2 rings (SSSR count). The van der Waals surface area contributed by atoms with E-state index in [9.17, 15) is 4.79 Å². The van der Waals surface area contributed by atoms with Crippen LogP contribution < -0.4 is 5.32 Å². The second-order valence-corrected chi connectivity index (χ2v) is 3.58. The number of rotatable bonds is 0. The fraction of sp³-hybridized carbons (Fsp3) is 0.875. The van der Waals surface area contributed by atoms with Crippen molar-refractivity contribution in [2.24, 2.45) is 11.8 Å². The zero-order chi connectivity index (χ0) is 7.84. The minimum absolute atomic E-state index is 0.286. The normalized spacial score (nSPS) is 37.5. The second kappa shape index (κ2) is 2.48. The van der Waals surface area contributed by atoms with Crippen LogP contribution in [0.1, 0.15) is 6.42 Å². The summed E-state index contributed by atoms with van der Waals surface area (Å²) in [6.45, 7) is 2.96. The van der Waals surface area contributed by atoms with Gasteiger partial charge in [0.1, 0.15) is 0 Å². The zero-order valence-electron chi connectivity index (χ0n) is 6.84. The molecule has 0 radical (unpaired) electrons. The number of likely N-dealkylation sites (tertiary alicyclic amines) is 1. The van der Waals surface area contributed by atoms with Crippen LogP contribution in [-0.2, 0) is 4.79 Å². The Kier molecular flexibility index (Phi) is 1.60. The molecule has 0 spiro atoms. The second-order valence-electron chi connectivity index (χ2n) is 3.58. The average molecular weight is 154 g/mol. The minimum Gasteiger partial charge on any atom is -0.345 e. The van der Waals surface area contributed by atoms with E-state index in [0.717, 1.165) is 19.6 Å². The molecule has 2 saturated heterocycles. The van der Waals surface area contributed by atoms with Crippen molar-refractivity contribution in [3.05, 3.63) is 0 Å². The Morgan fingerprint density at radius 1 is 1.64 bits per heavy atom. The molecular formula is C8H14N2O. The number of carbonyl (C=O) groups excluding carboxylic acids is 1. The highest BCUT2D eigenvalue weighted by atomic mass is 16.2. The summed E-state index contributed by atoms with van der Waals surface area (Å²) in [6, 6.07) is 0. The number of nitrogens with zero attached hydrogens (tertiary/aromatic N) is 1. The monoisotopic (exact) mass is 154 g/mol. The molecule has 2 aliphatic rings. The van der Waals surface area contributed by atoms with Crippen molar-refractivity contribution in [3.8, 4) is 0 Å². The molecule has 62 valence electrons. The Balaban J connectivity index is 2.11. The third-order valence-corrected chi connectivity index (χ3v) is 2.83. The summed E-state index contributed by atoms with van der Waals surface area (Å²) in [5.74, 6) is 1.25. The molecule has 3 nitrogen and oxygen atoms in total. The molecule has 0 aromatic carbocycles. The first-order valence-electron chi connectivity index (χ1n) is 4.25. The van der Waals surface area contributed by atoms with Crippen LogP contribution in [0.5, 0.6) is 0 Å². The molecule has 1 amide bonds. The van der Waals surface area contributed by atoms with E-state index in [0.29, 0.717) is 11.8 Å². The van der Waals surface area contributed by atoms with Gasteiger partial charge >= 0.3 is 0 Å². The number of carbonyl (C=O) groups is 1. The topological polar surface area (TPSA) is 32.3 Å². The lowest BCUT2D eigenvalue weighted by Crippen LogP contribution is -2.37. The first-order valence-corrected chi connectivity index (χ1v) is 4.25. The third-order valence-electron chi connectivity index (χ3n) is 2.83. The SMILES string of the molecule is CN1C[C@@H]2CCNC[C@H]2C1=O. The van der Waals surface area contributed by atoms with Crippen molar-refractivity contribution >= 4 is 5.91 Å². The predicted octanol–water partition coefficient (Wildman–Crippen LogP) is -0.316. The van der Waals surface area contributed by atoms with E-state index in [-0.39, 0.29) is 5.92 Å². The lowest BCUT2D eigenvalue weighted by atomic mass is 9.89. The van der Waals surface area contributed by atoms with Crippen molar-refractivity contribution in [1.29, 1.82) is 0 Å². The molecule has 3 heteroatoms. The number of fused-ring (bicyclic) bond motifs is 1. The molecule has 2 atom stereocenters. The fourth-order valence-electron chi connectivity index (χ4n) is 2.15. The van der Waals surface area contributed by atoms with Crippen LogP contribution in [-0.4, -0.2) is 37.5 Å². The highest BCUT2D eigenvalue weighted by Crippen LogP contribution is 2.27. The summed E-state index contributed by atoms with van der Waals surface area (Å²) in [4.78, 5) is 13.3. The lowest BCUT2D eigenvalue weighted by Gasteiger charge is -2.22. The molecule has 0 bridgehead atoms. The molecule has 0 unspecified atom stereocenters. The highest BCUT2D eigenvalue weighted by Gasteiger charge is 2.39. The fourth-order valence-corrected chi connectivity index (χ4v) is 2.15. The van der Waals surface area contributed by atoms with Gasteiger partial charge in [0, 0.05) is 20.1 Å². The van der Waals surface area contributed by atoms with Gasteiger partial charge in [0.15, 0.2) is 0 Å². The number of piperidine rings is 1. The number of nitrogens with one attached hydrogen (secondary N) is 1. The quantitative estimate of drug-likeness (QED) is 0.519. The van der Waals surface area contributed by atoms with E-state index in [1.807, 2.05) is 11.9 Å². The summed E-state index contributed by atoms with van der Waals surface area (Å²) in [5.41, 5.74) is 0. The van der Waals surface area contributed by atoms with Crippen LogP contribution in [0.2, 0.25) is 0 Å². The molecule has 2 heterocycles. The largest absolute Gasteiger partial charge is 0.345 e. The van der Waals surface area contributed by atoms with Crippen molar-refractivity contribution in [2.45, 2.75) is 6.42 Å². The van der Waals surface area contributed by atoms with Gasteiger partial charge in [0.25, 0.3) is 0 Å². The van der Waals surface area contributed by atoms with E-state index in [2.05, 4.69) is 5.32 Å². The maximum absolute atomic E-state index is 11.4. The predicted molar refractivity (Wildman–Crippen MR) is 42.1 cm³/mol. The van der Waals surface area contributed by atoms with E-state index in [4.69, 9.17) is 0 Å². The standard InChI is InChI=1S/C8H14N2O/c1-10-5-6-2-3-9-4-7(6)8(10)11/h6-7,9H,2-5H2,1H3/t6-,7+/m0/s1. The van der Waals surface area contributed by atoms with Crippen molar-refractivity contribution < 1.29 is 4.79 Å². The summed E-state index contributed by atoms with van der Waals surface area (Å²) < 4.78 is 0. The third kappa shape index (κ3) is 1.03. The Morgan fingerprint density at radius 2 is 2.45 bits per heavy atom. The smallest absolute Gasteiger partial charge is 0.227 e. The number of hydrogen-bond donors (Lipinski definition) is 1. The van der Waals surface area contributed by atoms with Crippen molar-refractivity contribution in [1.82, 2.24) is 10.2 Å². The van der Waals surface area contributed by atoms with Gasteiger partial charge in [0.2, 0.25) is 5.91 Å². The first-order chi connectivity index (χ1) is 5.29. The molecule has 11 heavy (non-hydrogen) atoms. The van der Waals surface area contributed by atoms with E-state index in [1.54, 1.807) is 0 Å². The van der Waals surface area contributed by atoms with Gasteiger partial charge in [-0.2, -0.15) is 0 Å². The Morgan fingerprint density at radius 3 is 3.18 bits per heavy atom. The molecule has 2 aliphatic heterocycles. The van der Waals surface area contributed by atoms with Crippen LogP contribution in [0, 0.1) is 11.8 Å². The molecule has 1 N–H and O–H groups in total. The van der Waals surface area contributed by atoms with Crippen LogP contribution in [0.3, 0.4) is 0 Å². The maximum Gasteiger partial charge on any atom is 0.227 e. The summed E-state index contributed by atoms with van der Waals surface area (Å²) in [6.07, 6.45) is 1.17. The van der Waals surface area contributed by atoms with Gasteiger partial charge in [-0.25, -0.2) is 0 Å². The lowest BCUT2D eigenvalue weighted by molar-refractivity contribution is -0.130. The average Bonchev–Trinajstić information content (AvgIpc) is 2.30. The summed E-state index contributed by atoms with van der Waals surface area (Å²) >= 11 is 0. The summed E-state index contributed by atoms with van der Waals surface area (Å²) in [5, 5.41) is 3.26. The molecule has 0 aliphatic carbocycles. The van der Waals surface area contributed by atoms with Crippen molar-refractivity contribution in [2.75, 3.05) is 26.7 Å². The van der Waals surface area contributed by atoms with Gasteiger partial charge in [-0.3, -0.25) is 4.79 Å². The van der Waals surface area contributed by atoms with Crippen LogP contribution in [0.4, 0.5) is 0 Å². The number of amides is 1. The Hall–Kier alpha value is -0.570. The first kappa shape index (κ1) is 7.10. The van der Waals surface area contributed by atoms with Gasteiger partial charge in [0.05, 0.1) is 5.92 Å². The van der Waals surface area contributed by atoms with Gasteiger partial charge in [-0.1, -0.05) is 0 Å². The van der Waals surface area contributed by atoms with E-state index < -0.39 is 0 Å². The van der Waals surface area contributed by atoms with Gasteiger partial charge in [-0.15, -0.1) is 0 Å². The molecule has 0 aromatic rings. The Bertz CT molecular complexity index is 181. The van der Waals surface area contributed by atoms with Crippen molar-refractivity contribution in [3.63, 3.8) is 0 Å². The van der Waals surface area contributed by atoms with Crippen LogP contribution in [0.15, 0.2) is 0 Å². The van der Waals surface area contributed by atoms with E-state index >= 15 is 0 Å². The summed E-state index contributed by atoms with van der Waals surface area (Å²) in [7, 11) is 1.90. The molecule has 0 saturated carbocycles. The zero-order valence-corrected chi connectivity index (χ0v) is 6.84. The van der Waals surface area contributed by atoms with E-state index in [1.165, 1.54) is 6.42 Å². The molecule has 0 aromatic heterocycles. The maximum atomic E-state index is 11.4. The van der Waals surface area contributed by atoms with Gasteiger partial charge < -0.3 is 10.2 Å². The molecular weight excluding hydrogens is 140 g/mol. The van der Waals surface area contributed by atoms with Crippen LogP contribution in [0.25, 0.3) is 0 Å². The number of hydrogen-bond acceptors (Lipinski definition) is 2. The highest BCUT2D eigenvalue weighted by molar-refractivity contribution is 5.81. The van der Waals surface area contributed by atoms with Gasteiger partial charge in [-0.05, 0) is 18.9 Å². The minimum atomic E-state index is 0.286. The van der Waals surface area contributed by atoms with Crippen LogP contribution >= 0.6 is 0 Å². The Labute approximate surface area is 66.8 Å². The molecule has 2 fully saturated rings.